The van der Waals surface area contributed by atoms with Gasteiger partial charge in [-0.15, -0.1) is 0 Å². The minimum atomic E-state index is -0.973. The lowest BCUT2D eigenvalue weighted by atomic mass is 9.94. The van der Waals surface area contributed by atoms with Crippen LogP contribution in [0.1, 0.15) is 39.0 Å². The van der Waals surface area contributed by atoms with E-state index in [1.807, 2.05) is 6.92 Å². The molecule has 2 aliphatic heterocycles. The van der Waals surface area contributed by atoms with Gasteiger partial charge in [-0.1, -0.05) is 6.42 Å². The molecule has 0 spiro atoms. The van der Waals surface area contributed by atoms with E-state index >= 15 is 0 Å². The van der Waals surface area contributed by atoms with Gasteiger partial charge in [-0.2, -0.15) is 0 Å². The van der Waals surface area contributed by atoms with Gasteiger partial charge < -0.3 is 20.1 Å². The number of nitrogens with one attached hydrogen (secondary N) is 1. The molecule has 0 aromatic heterocycles. The van der Waals surface area contributed by atoms with E-state index < -0.39 is 11.6 Å². The van der Waals surface area contributed by atoms with Gasteiger partial charge in [0.1, 0.15) is 12.2 Å². The summed E-state index contributed by atoms with van der Waals surface area (Å²) in [4.78, 5) is 24.2. The summed E-state index contributed by atoms with van der Waals surface area (Å²) in [5.41, 5.74) is -0.489. The normalized spacial score (nSPS) is 25.1. The van der Waals surface area contributed by atoms with Crippen LogP contribution >= 0.6 is 0 Å². The first-order chi connectivity index (χ1) is 9.48. The first kappa shape index (κ1) is 15.3. The molecule has 0 aromatic rings. The van der Waals surface area contributed by atoms with E-state index in [0.717, 1.165) is 19.4 Å². The average molecular weight is 284 g/mol. The molecule has 2 heterocycles. The Morgan fingerprint density at radius 1 is 1.40 bits per heavy atom. The van der Waals surface area contributed by atoms with Crippen molar-refractivity contribution in [2.45, 2.75) is 50.7 Å². The Morgan fingerprint density at radius 3 is 2.75 bits per heavy atom. The molecule has 0 aromatic carbocycles. The highest BCUT2D eigenvalue weighted by Gasteiger charge is 2.42. The molecule has 2 fully saturated rings. The molecule has 20 heavy (non-hydrogen) atoms. The van der Waals surface area contributed by atoms with Crippen molar-refractivity contribution < 1.29 is 19.4 Å². The van der Waals surface area contributed by atoms with Gasteiger partial charge in [0.15, 0.2) is 0 Å². The second-order valence-electron chi connectivity index (χ2n) is 6.07. The number of carboxylic acid groups (broad SMARTS) is 1. The van der Waals surface area contributed by atoms with Gasteiger partial charge in [0, 0.05) is 12.5 Å². The molecule has 1 atom stereocenters. The molecule has 2 aliphatic rings. The zero-order chi connectivity index (χ0) is 14.6. The lowest BCUT2D eigenvalue weighted by Crippen LogP contribution is -2.63. The van der Waals surface area contributed by atoms with Gasteiger partial charge in [-0.3, -0.25) is 4.79 Å². The quantitative estimate of drug-likeness (QED) is 0.747. The van der Waals surface area contributed by atoms with E-state index in [2.05, 4.69) is 5.32 Å². The molecule has 1 unspecified atom stereocenters. The summed E-state index contributed by atoms with van der Waals surface area (Å²) >= 11 is 0. The zero-order valence-corrected chi connectivity index (χ0v) is 12.1. The number of carbonyl (C=O) groups is 2. The van der Waals surface area contributed by atoms with E-state index in [1.54, 1.807) is 4.90 Å². The van der Waals surface area contributed by atoms with Crippen molar-refractivity contribution in [2.75, 3.05) is 26.2 Å². The molecule has 6 nitrogen and oxygen atoms in total. The summed E-state index contributed by atoms with van der Waals surface area (Å²) in [5, 5.41) is 12.0. The number of rotatable bonds is 6. The summed E-state index contributed by atoms with van der Waals surface area (Å²) in [6, 6.07) is 0.476. The highest BCUT2D eigenvalue weighted by atomic mass is 16.5. The summed E-state index contributed by atoms with van der Waals surface area (Å²) in [7, 11) is 0. The number of carbonyl (C=O) groups excluding carboxylic acids is 1. The number of likely N-dealkylation sites (tertiary alicyclic amines) is 1. The van der Waals surface area contributed by atoms with Gasteiger partial charge >= 0.3 is 5.97 Å². The largest absolute Gasteiger partial charge is 0.480 e. The van der Waals surface area contributed by atoms with Crippen molar-refractivity contribution in [3.05, 3.63) is 0 Å². The van der Waals surface area contributed by atoms with Gasteiger partial charge in [0.2, 0.25) is 5.91 Å². The number of nitrogens with zero attached hydrogens (tertiary/aromatic N) is 1. The van der Waals surface area contributed by atoms with Gasteiger partial charge in [0.05, 0.1) is 13.1 Å². The number of ether oxygens (including phenoxy) is 1. The number of hydrogen-bond acceptors (Lipinski definition) is 4. The Morgan fingerprint density at radius 2 is 2.15 bits per heavy atom. The van der Waals surface area contributed by atoms with Crippen LogP contribution in [-0.2, 0) is 14.3 Å². The number of aliphatic carboxylic acids is 1. The van der Waals surface area contributed by atoms with E-state index in [0.29, 0.717) is 25.6 Å². The molecular weight excluding hydrogens is 260 g/mol. The minimum Gasteiger partial charge on any atom is -0.480 e. The van der Waals surface area contributed by atoms with Crippen LogP contribution in [0.3, 0.4) is 0 Å². The molecule has 0 radical (unpaired) electrons. The maximum absolute atomic E-state index is 12.0. The third kappa shape index (κ3) is 4.18. The second kappa shape index (κ2) is 6.54. The molecule has 1 amide bonds. The molecule has 6 heteroatoms. The zero-order valence-electron chi connectivity index (χ0n) is 12.1. The predicted octanol–water partition coefficient (Wildman–Crippen LogP) is 0.611. The SMILES string of the molecule is CC1(OCC(=O)O)CN(C(=O)CCC2CCCCN2)C1. The standard InChI is InChI=1S/C14H24N2O4/c1-14(20-8-13(18)19)9-16(10-14)12(17)6-5-11-4-2-3-7-15-11/h11,15H,2-10H2,1H3,(H,18,19). The van der Waals surface area contributed by atoms with Crippen molar-refractivity contribution in [3.8, 4) is 0 Å². The smallest absolute Gasteiger partial charge is 0.329 e. The lowest BCUT2D eigenvalue weighted by Gasteiger charge is -2.47. The van der Waals surface area contributed by atoms with Crippen LogP contribution in [0.5, 0.6) is 0 Å². The van der Waals surface area contributed by atoms with Gasteiger partial charge in [-0.05, 0) is 32.7 Å². The van der Waals surface area contributed by atoms with Crippen LogP contribution in [0.2, 0.25) is 0 Å². The van der Waals surface area contributed by atoms with E-state index in [4.69, 9.17) is 9.84 Å². The third-order valence-corrected chi connectivity index (χ3v) is 4.07. The first-order valence-electron chi connectivity index (χ1n) is 7.35. The number of amides is 1. The fraction of sp³-hybridized carbons (Fsp3) is 0.857. The lowest BCUT2D eigenvalue weighted by molar-refractivity contribution is -0.173. The highest BCUT2D eigenvalue weighted by molar-refractivity contribution is 5.77. The van der Waals surface area contributed by atoms with Crippen molar-refractivity contribution in [3.63, 3.8) is 0 Å². The second-order valence-corrected chi connectivity index (χ2v) is 6.07. The topological polar surface area (TPSA) is 78.9 Å². The van der Waals surface area contributed by atoms with Crippen molar-refractivity contribution in [1.82, 2.24) is 10.2 Å². The van der Waals surface area contributed by atoms with Crippen LogP contribution in [0.4, 0.5) is 0 Å². The predicted molar refractivity (Wildman–Crippen MR) is 73.4 cm³/mol. The van der Waals surface area contributed by atoms with Crippen LogP contribution in [0, 0.1) is 0 Å². The van der Waals surface area contributed by atoms with Crippen molar-refractivity contribution in [2.24, 2.45) is 0 Å². The van der Waals surface area contributed by atoms with E-state index in [1.165, 1.54) is 12.8 Å². The fourth-order valence-corrected chi connectivity index (χ4v) is 2.89. The molecule has 0 aliphatic carbocycles. The van der Waals surface area contributed by atoms with Crippen LogP contribution in [0.25, 0.3) is 0 Å². The number of hydrogen-bond donors (Lipinski definition) is 2. The summed E-state index contributed by atoms with van der Waals surface area (Å²) < 4.78 is 5.30. The fourth-order valence-electron chi connectivity index (χ4n) is 2.89. The van der Waals surface area contributed by atoms with E-state index in [-0.39, 0.29) is 12.5 Å². The first-order valence-corrected chi connectivity index (χ1v) is 7.35. The Balaban J connectivity index is 1.64. The summed E-state index contributed by atoms with van der Waals surface area (Å²) in [6.45, 7) is 3.60. The summed E-state index contributed by atoms with van der Waals surface area (Å²) in [5.74, 6) is -0.826. The average Bonchev–Trinajstić information content (AvgIpc) is 2.40. The maximum atomic E-state index is 12.0. The Bertz CT molecular complexity index is 360. The third-order valence-electron chi connectivity index (χ3n) is 4.07. The van der Waals surface area contributed by atoms with Crippen LogP contribution < -0.4 is 5.32 Å². The van der Waals surface area contributed by atoms with Crippen molar-refractivity contribution in [1.29, 1.82) is 0 Å². The van der Waals surface area contributed by atoms with E-state index in [9.17, 15) is 9.59 Å². The van der Waals surface area contributed by atoms with Crippen LogP contribution in [0.15, 0.2) is 0 Å². The Labute approximate surface area is 119 Å². The maximum Gasteiger partial charge on any atom is 0.329 e. The number of carboxylic acids is 1. The van der Waals surface area contributed by atoms with Gasteiger partial charge in [-0.25, -0.2) is 4.79 Å². The Hall–Kier alpha value is -1.14. The highest BCUT2D eigenvalue weighted by Crippen LogP contribution is 2.25. The number of piperidine rings is 1. The Kier molecular flexibility index (Phi) is 4.99. The monoisotopic (exact) mass is 284 g/mol. The molecule has 0 saturated carbocycles. The van der Waals surface area contributed by atoms with Gasteiger partial charge in [0.25, 0.3) is 0 Å². The molecule has 2 N–H and O–H groups in total. The molecular formula is C14H24N2O4. The molecule has 0 bridgehead atoms. The molecule has 114 valence electrons. The summed E-state index contributed by atoms with van der Waals surface area (Å²) in [6.07, 6.45) is 5.09. The molecule has 2 rings (SSSR count). The van der Waals surface area contributed by atoms with Crippen LogP contribution in [-0.4, -0.2) is 59.8 Å². The minimum absolute atomic E-state index is 0.147. The van der Waals surface area contributed by atoms with Crippen molar-refractivity contribution >= 4 is 11.9 Å². The molecule has 2 saturated heterocycles.